The highest BCUT2D eigenvalue weighted by atomic mass is 16.8. The summed E-state index contributed by atoms with van der Waals surface area (Å²) in [7, 11) is 1.43. The van der Waals surface area contributed by atoms with Crippen LogP contribution in [0.2, 0.25) is 0 Å². The number of nitrogens with one attached hydrogen (secondary N) is 1. The summed E-state index contributed by atoms with van der Waals surface area (Å²) < 4.78 is 23.4. The number of aliphatic imine (C=N–C) groups is 2. The number of hydrogen-bond acceptors (Lipinski definition) is 15. The van der Waals surface area contributed by atoms with Crippen molar-refractivity contribution in [3.05, 3.63) is 10.4 Å². The maximum atomic E-state index is 11.6. The molecule has 21 nitrogen and oxygen atoms in total. The third kappa shape index (κ3) is 6.63. The molecule has 3 rings (SSSR count). The predicted molar refractivity (Wildman–Crippen MR) is 141 cm³/mol. The molecule has 42 heavy (non-hydrogen) atoms. The Hall–Kier alpha value is -2.63. The molecule has 3 fully saturated rings. The first-order valence-corrected chi connectivity index (χ1v) is 12.9. The molecule has 21 heteroatoms. The second-order valence-corrected chi connectivity index (χ2v) is 10.3. The fourth-order valence-electron chi connectivity index (χ4n) is 5.32. The molecule has 0 bridgehead atoms. The van der Waals surface area contributed by atoms with Crippen molar-refractivity contribution < 1.29 is 54.7 Å². The first-order chi connectivity index (χ1) is 19.7. The van der Waals surface area contributed by atoms with Crippen molar-refractivity contribution in [2.75, 3.05) is 20.2 Å². The first kappa shape index (κ1) is 33.9. The van der Waals surface area contributed by atoms with Gasteiger partial charge in [0.05, 0.1) is 25.3 Å². The van der Waals surface area contributed by atoms with Crippen molar-refractivity contribution in [3.63, 3.8) is 0 Å². The third-order valence-electron chi connectivity index (χ3n) is 7.62. The molecule has 11 unspecified atom stereocenters. The van der Waals surface area contributed by atoms with E-state index in [9.17, 15) is 35.7 Å². The number of nitrogens with two attached hydrogens (primary N) is 4. The smallest absolute Gasteiger partial charge is 0.187 e. The van der Waals surface area contributed by atoms with E-state index in [4.69, 9.17) is 47.4 Å². The van der Waals surface area contributed by atoms with Crippen molar-refractivity contribution >= 4 is 11.9 Å². The van der Waals surface area contributed by atoms with E-state index in [1.165, 1.54) is 14.0 Å². The van der Waals surface area contributed by atoms with Crippen LogP contribution in [0, 0.1) is 0 Å². The molecule has 0 aromatic heterocycles. The molecule has 0 amide bonds. The van der Waals surface area contributed by atoms with Crippen LogP contribution in [0.5, 0.6) is 0 Å². The Kier molecular flexibility index (Phi) is 11.1. The van der Waals surface area contributed by atoms with Gasteiger partial charge in [0.15, 0.2) is 24.5 Å². The second-order valence-electron chi connectivity index (χ2n) is 10.3. The van der Waals surface area contributed by atoms with Gasteiger partial charge in [0.25, 0.3) is 0 Å². The monoisotopic (exact) mass is 608 g/mol. The maximum absolute atomic E-state index is 11.6. The van der Waals surface area contributed by atoms with Gasteiger partial charge >= 0.3 is 0 Å². The zero-order chi connectivity index (χ0) is 31.5. The highest BCUT2D eigenvalue weighted by Crippen LogP contribution is 2.39. The Morgan fingerprint density at radius 1 is 0.905 bits per heavy atom. The summed E-state index contributed by atoms with van der Waals surface area (Å²) in [5, 5.41) is 81.0. The second kappa shape index (κ2) is 13.8. The number of aliphatic hydroxyl groups excluding tert-OH is 6. The van der Waals surface area contributed by atoms with Crippen molar-refractivity contribution in [3.8, 4) is 0 Å². The van der Waals surface area contributed by atoms with Crippen LogP contribution >= 0.6 is 0 Å². The molecule has 1 saturated carbocycles. The molecule has 240 valence electrons. The van der Waals surface area contributed by atoms with E-state index in [-0.39, 0.29) is 0 Å². The molecule has 0 aromatic rings. The third-order valence-corrected chi connectivity index (χ3v) is 7.62. The van der Waals surface area contributed by atoms with Crippen LogP contribution in [0.25, 0.3) is 10.4 Å². The van der Waals surface area contributed by atoms with Crippen molar-refractivity contribution in [1.82, 2.24) is 5.32 Å². The van der Waals surface area contributed by atoms with Crippen molar-refractivity contribution in [2.24, 2.45) is 38.0 Å². The molecule has 3 aliphatic rings. The van der Waals surface area contributed by atoms with Gasteiger partial charge in [-0.05, 0) is 19.5 Å². The molecule has 0 aromatic carbocycles. The number of hydrogen-bond donors (Lipinski definition) is 12. The number of rotatable bonds is 10. The summed E-state index contributed by atoms with van der Waals surface area (Å²) >= 11 is 0. The van der Waals surface area contributed by atoms with E-state index in [1.54, 1.807) is 0 Å². The van der Waals surface area contributed by atoms with Crippen LogP contribution < -0.4 is 28.3 Å². The van der Waals surface area contributed by atoms with E-state index in [0.717, 1.165) is 0 Å². The largest absolute Gasteiger partial charge is 0.394 e. The van der Waals surface area contributed by atoms with E-state index >= 15 is 0 Å². The van der Waals surface area contributed by atoms with Gasteiger partial charge in [-0.2, -0.15) is 0 Å². The Morgan fingerprint density at radius 2 is 1.52 bits per heavy atom. The zero-order valence-electron chi connectivity index (χ0n) is 22.8. The van der Waals surface area contributed by atoms with Crippen LogP contribution in [-0.2, 0) is 18.9 Å². The molecule has 16 N–H and O–H groups in total. The summed E-state index contributed by atoms with van der Waals surface area (Å²) in [6.45, 7) is 0.0988. The van der Waals surface area contributed by atoms with Crippen LogP contribution in [0.15, 0.2) is 15.1 Å². The summed E-state index contributed by atoms with van der Waals surface area (Å²) in [5.41, 5.74) is 28.7. The summed E-state index contributed by atoms with van der Waals surface area (Å²) in [5.74, 6) is -1.03. The topological polar surface area (TPSA) is 368 Å². The lowest BCUT2D eigenvalue weighted by Gasteiger charge is -2.45. The van der Waals surface area contributed by atoms with Gasteiger partial charge in [-0.1, -0.05) is 5.11 Å². The van der Waals surface area contributed by atoms with E-state index in [0.29, 0.717) is 0 Å². The minimum absolute atomic E-state index is 0.502. The highest BCUT2D eigenvalue weighted by molar-refractivity contribution is 5.76. The molecule has 2 saturated heterocycles. The maximum Gasteiger partial charge on any atom is 0.187 e. The lowest BCUT2D eigenvalue weighted by molar-refractivity contribution is -0.316. The molecule has 2 aliphatic heterocycles. The molecule has 0 spiro atoms. The normalized spacial score (nSPS) is 45.5. The number of nitrogens with zero attached hydrogens (tertiary/aromatic N) is 5. The highest BCUT2D eigenvalue weighted by Gasteiger charge is 2.60. The minimum atomic E-state index is -2.11. The average Bonchev–Trinajstić information content (AvgIpc) is 3.16. The number of azide groups is 1. The van der Waals surface area contributed by atoms with Gasteiger partial charge in [-0.3, -0.25) is 0 Å². The number of ether oxygens (including phenoxy) is 4. The van der Waals surface area contributed by atoms with Gasteiger partial charge in [0.1, 0.15) is 66.5 Å². The molecule has 15 atom stereocenters. The Labute approximate surface area is 239 Å². The number of aliphatic hydroxyl groups is 7. The Morgan fingerprint density at radius 3 is 2.07 bits per heavy atom. The van der Waals surface area contributed by atoms with E-state index in [1.807, 2.05) is 0 Å². The number of likely N-dealkylation sites (N-methyl/N-ethyl adjacent to an activating group) is 1. The van der Waals surface area contributed by atoms with Crippen molar-refractivity contribution in [1.29, 1.82) is 0 Å². The summed E-state index contributed by atoms with van der Waals surface area (Å²) in [6.07, 6.45) is -17.1. The average molecular weight is 609 g/mol. The first-order valence-electron chi connectivity index (χ1n) is 12.9. The molecule has 0 radical (unpaired) electrons. The predicted octanol–water partition coefficient (Wildman–Crippen LogP) is -7.05. The number of guanidine groups is 2. The van der Waals surface area contributed by atoms with E-state index < -0.39 is 116 Å². The van der Waals surface area contributed by atoms with Gasteiger partial charge in [0.2, 0.25) is 0 Å². The summed E-state index contributed by atoms with van der Waals surface area (Å²) in [4.78, 5) is 10.3. The summed E-state index contributed by atoms with van der Waals surface area (Å²) in [6, 6.07) is -4.06. The lowest BCUT2D eigenvalue weighted by atomic mass is 9.81. The Bertz CT molecular complexity index is 1030. The van der Waals surface area contributed by atoms with Crippen LogP contribution in [-0.4, -0.2) is 159 Å². The molecule has 2 heterocycles. The minimum Gasteiger partial charge on any atom is -0.394 e. The van der Waals surface area contributed by atoms with Crippen LogP contribution in [0.1, 0.15) is 6.92 Å². The van der Waals surface area contributed by atoms with E-state index in [2.05, 4.69) is 25.3 Å². The molecular formula is C21H40N10O11. The Balaban J connectivity index is 2.01. The van der Waals surface area contributed by atoms with Crippen molar-refractivity contribution in [2.45, 2.75) is 98.2 Å². The van der Waals surface area contributed by atoms with Gasteiger partial charge in [0, 0.05) is 4.91 Å². The zero-order valence-corrected chi connectivity index (χ0v) is 22.8. The van der Waals surface area contributed by atoms with Gasteiger partial charge in [-0.15, -0.1) is 0 Å². The van der Waals surface area contributed by atoms with Gasteiger partial charge < -0.3 is 82.9 Å². The molecular weight excluding hydrogens is 568 g/mol. The fourth-order valence-corrected chi connectivity index (χ4v) is 5.32. The van der Waals surface area contributed by atoms with Crippen LogP contribution in [0.4, 0.5) is 0 Å². The molecule has 1 aliphatic carbocycles. The van der Waals surface area contributed by atoms with Crippen LogP contribution in [0.3, 0.4) is 0 Å². The SMILES string of the molecule is CNC1C(O)C(O)C(CO)O[C@@H]1OC1[C@H](OC2C(O)C(O)C(N=C(N)N)C(O)C2N=C(N)N)O[C@@H](C)[C@]1(O)CN=[N+]=[N-]. The fraction of sp³-hybridized carbons (Fsp3) is 0.905. The lowest BCUT2D eigenvalue weighted by Crippen LogP contribution is -2.66. The quantitative estimate of drug-likeness (QED) is 0.0360. The standard InChI is InChI=1S/C21H40N10O11/c1-5-21(38,4-28-31-26)16(42-17-9(27-2)13(36)10(33)6(3-32)40-17)18(39-5)41-15-8(30-20(24)25)11(34)7(29-19(22)23)12(35)14(15)37/h5-18,27,32-38H,3-4H2,1-2H3,(H4,22,23,29)(H4,24,25,30)/t5-,6?,7?,8?,9?,10?,11?,12?,13?,14?,15?,16?,17+,18-,21+/m0/s1. The van der Waals surface area contributed by atoms with Gasteiger partial charge in [-0.25, -0.2) is 9.98 Å².